The van der Waals surface area contributed by atoms with Crippen molar-refractivity contribution < 1.29 is 22.8 Å². The molecule has 10 heteroatoms. The highest BCUT2D eigenvalue weighted by molar-refractivity contribution is 5.75. The lowest BCUT2D eigenvalue weighted by atomic mass is 10.0. The molecule has 31 heavy (non-hydrogen) atoms. The maximum absolute atomic E-state index is 13.0. The van der Waals surface area contributed by atoms with E-state index in [-0.39, 0.29) is 24.5 Å². The first kappa shape index (κ1) is 21.9. The van der Waals surface area contributed by atoms with Gasteiger partial charge in [-0.05, 0) is 30.9 Å². The van der Waals surface area contributed by atoms with Gasteiger partial charge in [-0.25, -0.2) is 4.79 Å². The fourth-order valence-electron chi connectivity index (χ4n) is 4.71. The van der Waals surface area contributed by atoms with Gasteiger partial charge in [-0.3, -0.25) is 9.78 Å². The first-order chi connectivity index (χ1) is 14.7. The largest absolute Gasteiger partial charge is 0.417 e. The highest BCUT2D eigenvalue weighted by Crippen LogP contribution is 2.31. The minimum Gasteiger partial charge on any atom is -0.343 e. The van der Waals surface area contributed by atoms with Crippen molar-refractivity contribution in [1.29, 1.82) is 0 Å². The third kappa shape index (κ3) is 4.94. The Kier molecular flexibility index (Phi) is 6.09. The molecule has 4 heterocycles. The van der Waals surface area contributed by atoms with Crippen molar-refractivity contribution >= 4 is 11.9 Å². The SMILES string of the molecule is CC(=O)N1CCC(NC2CCN(C(=O)N3CCc4ncc(C(F)(F)F)cc4C3)C2)CC1. The number of rotatable bonds is 2. The van der Waals surface area contributed by atoms with Gasteiger partial charge in [0.15, 0.2) is 0 Å². The summed E-state index contributed by atoms with van der Waals surface area (Å²) in [5.41, 5.74) is 0.331. The van der Waals surface area contributed by atoms with Crippen LogP contribution < -0.4 is 5.32 Å². The lowest BCUT2D eigenvalue weighted by Gasteiger charge is -2.34. The number of nitrogens with zero attached hydrogens (tertiary/aromatic N) is 4. The van der Waals surface area contributed by atoms with Crippen LogP contribution in [0.25, 0.3) is 0 Å². The van der Waals surface area contributed by atoms with E-state index in [1.54, 1.807) is 16.7 Å². The van der Waals surface area contributed by atoms with Crippen LogP contribution in [0.1, 0.15) is 43.0 Å². The lowest BCUT2D eigenvalue weighted by molar-refractivity contribution is -0.138. The van der Waals surface area contributed by atoms with Crippen LogP contribution in [0.5, 0.6) is 0 Å². The van der Waals surface area contributed by atoms with Gasteiger partial charge in [0.1, 0.15) is 0 Å². The Morgan fingerprint density at radius 2 is 1.71 bits per heavy atom. The molecule has 0 saturated carbocycles. The van der Waals surface area contributed by atoms with E-state index in [0.29, 0.717) is 43.4 Å². The van der Waals surface area contributed by atoms with Crippen molar-refractivity contribution in [2.75, 3.05) is 32.7 Å². The van der Waals surface area contributed by atoms with Crippen LogP contribution >= 0.6 is 0 Å². The Bertz CT molecular complexity index is 839. The number of halogens is 3. The Hall–Kier alpha value is -2.36. The minimum atomic E-state index is -4.44. The molecule has 7 nitrogen and oxygen atoms in total. The lowest BCUT2D eigenvalue weighted by Crippen LogP contribution is -2.49. The first-order valence-electron chi connectivity index (χ1n) is 10.8. The van der Waals surface area contributed by atoms with E-state index in [0.717, 1.165) is 44.6 Å². The van der Waals surface area contributed by atoms with Crippen molar-refractivity contribution in [1.82, 2.24) is 25.0 Å². The zero-order valence-electron chi connectivity index (χ0n) is 17.6. The van der Waals surface area contributed by atoms with Gasteiger partial charge in [0.2, 0.25) is 5.91 Å². The second-order valence-electron chi connectivity index (χ2n) is 8.66. The van der Waals surface area contributed by atoms with Gasteiger partial charge in [0.25, 0.3) is 0 Å². The zero-order chi connectivity index (χ0) is 22.2. The molecule has 170 valence electrons. The minimum absolute atomic E-state index is 0.108. The number of hydrogen-bond donors (Lipinski definition) is 1. The van der Waals surface area contributed by atoms with Crippen LogP contribution in [0.15, 0.2) is 12.3 Å². The molecule has 1 N–H and O–H groups in total. The van der Waals surface area contributed by atoms with Gasteiger partial charge >= 0.3 is 12.2 Å². The average Bonchev–Trinajstić information content (AvgIpc) is 3.20. The highest BCUT2D eigenvalue weighted by atomic mass is 19.4. The third-order valence-corrected chi connectivity index (χ3v) is 6.51. The van der Waals surface area contributed by atoms with E-state index in [4.69, 9.17) is 0 Å². The van der Waals surface area contributed by atoms with Crippen LogP contribution in [-0.4, -0.2) is 76.4 Å². The van der Waals surface area contributed by atoms with E-state index in [2.05, 4.69) is 10.3 Å². The molecular weight excluding hydrogens is 411 g/mol. The number of fused-ring (bicyclic) bond motifs is 1. The molecule has 3 aliphatic rings. The van der Waals surface area contributed by atoms with Gasteiger partial charge < -0.3 is 20.0 Å². The number of alkyl halides is 3. The van der Waals surface area contributed by atoms with Crippen LogP contribution in [-0.2, 0) is 23.9 Å². The normalized spacial score (nSPS) is 22.6. The Balaban J connectivity index is 1.30. The Morgan fingerprint density at radius 3 is 2.39 bits per heavy atom. The summed E-state index contributed by atoms with van der Waals surface area (Å²) in [6.45, 7) is 4.94. The number of amides is 3. The molecule has 0 radical (unpaired) electrons. The van der Waals surface area contributed by atoms with Crippen molar-refractivity contribution in [3.63, 3.8) is 0 Å². The fourth-order valence-corrected chi connectivity index (χ4v) is 4.71. The smallest absolute Gasteiger partial charge is 0.343 e. The molecule has 0 aliphatic carbocycles. The number of likely N-dealkylation sites (tertiary alicyclic amines) is 2. The van der Waals surface area contributed by atoms with Crippen LogP contribution in [0.4, 0.5) is 18.0 Å². The quantitative estimate of drug-likeness (QED) is 0.768. The summed E-state index contributed by atoms with van der Waals surface area (Å²) in [5.74, 6) is 0.108. The number of urea groups is 1. The predicted molar refractivity (Wildman–Crippen MR) is 107 cm³/mol. The Labute approximate surface area is 179 Å². The summed E-state index contributed by atoms with van der Waals surface area (Å²) in [7, 11) is 0. The number of pyridine rings is 1. The van der Waals surface area contributed by atoms with Crippen molar-refractivity contribution in [2.45, 2.75) is 57.4 Å². The first-order valence-corrected chi connectivity index (χ1v) is 10.8. The molecule has 0 aromatic carbocycles. The Morgan fingerprint density at radius 1 is 1.03 bits per heavy atom. The summed E-state index contributed by atoms with van der Waals surface area (Å²) >= 11 is 0. The van der Waals surface area contributed by atoms with E-state index < -0.39 is 11.7 Å². The van der Waals surface area contributed by atoms with Crippen molar-refractivity contribution in [3.8, 4) is 0 Å². The van der Waals surface area contributed by atoms with E-state index in [1.807, 2.05) is 4.90 Å². The second kappa shape index (κ2) is 8.64. The summed E-state index contributed by atoms with van der Waals surface area (Å²) in [6, 6.07) is 1.53. The number of aromatic nitrogens is 1. The maximum Gasteiger partial charge on any atom is 0.417 e. The summed E-state index contributed by atoms with van der Waals surface area (Å²) < 4.78 is 39.0. The highest BCUT2D eigenvalue weighted by Gasteiger charge is 2.35. The molecule has 2 saturated heterocycles. The van der Waals surface area contributed by atoms with Crippen molar-refractivity contribution in [3.05, 3.63) is 29.1 Å². The van der Waals surface area contributed by atoms with Crippen LogP contribution in [0.2, 0.25) is 0 Å². The molecule has 3 amide bonds. The van der Waals surface area contributed by atoms with Gasteiger partial charge in [0.05, 0.1) is 5.56 Å². The summed E-state index contributed by atoms with van der Waals surface area (Å²) in [4.78, 5) is 33.7. The second-order valence-corrected chi connectivity index (χ2v) is 8.66. The average molecular weight is 439 g/mol. The summed E-state index contributed by atoms with van der Waals surface area (Å²) in [6.07, 6.45) is -0.452. The zero-order valence-corrected chi connectivity index (χ0v) is 17.6. The number of carbonyl (C=O) groups is 2. The van der Waals surface area contributed by atoms with Gasteiger partial charge in [-0.15, -0.1) is 0 Å². The summed E-state index contributed by atoms with van der Waals surface area (Å²) in [5, 5.41) is 3.62. The number of carbonyl (C=O) groups excluding carboxylic acids is 2. The molecule has 0 spiro atoms. The van der Waals surface area contributed by atoms with Gasteiger partial charge in [0, 0.05) is 76.6 Å². The molecule has 1 aromatic rings. The molecule has 0 bridgehead atoms. The van der Waals surface area contributed by atoms with Crippen molar-refractivity contribution in [2.24, 2.45) is 0 Å². The predicted octanol–water partition coefficient (Wildman–Crippen LogP) is 2.25. The molecule has 2 fully saturated rings. The topological polar surface area (TPSA) is 68.8 Å². The molecule has 1 atom stereocenters. The monoisotopic (exact) mass is 439 g/mol. The van der Waals surface area contributed by atoms with Gasteiger partial charge in [-0.1, -0.05) is 0 Å². The molecule has 1 aromatic heterocycles. The van der Waals surface area contributed by atoms with Crippen LogP contribution in [0.3, 0.4) is 0 Å². The molecular formula is C21H28F3N5O2. The number of piperidine rings is 1. The number of nitrogens with one attached hydrogen (secondary N) is 1. The molecule has 1 unspecified atom stereocenters. The maximum atomic E-state index is 13.0. The standard InChI is InChI=1S/C21H28F3N5O2/c1-14(30)27-6-2-17(3-7-27)26-18-4-8-29(13-18)20(31)28-9-5-19-15(12-28)10-16(11-25-19)21(22,23)24/h10-11,17-18,26H,2-9,12-13H2,1H3. The molecule has 3 aliphatic heterocycles. The third-order valence-electron chi connectivity index (χ3n) is 6.51. The van der Waals surface area contributed by atoms with E-state index in [9.17, 15) is 22.8 Å². The van der Waals surface area contributed by atoms with Gasteiger partial charge in [-0.2, -0.15) is 13.2 Å². The molecule has 4 rings (SSSR count). The fraction of sp³-hybridized carbons (Fsp3) is 0.667. The van der Waals surface area contributed by atoms with E-state index >= 15 is 0 Å². The number of hydrogen-bond acceptors (Lipinski definition) is 4. The van der Waals surface area contributed by atoms with E-state index in [1.165, 1.54) is 0 Å². The van der Waals surface area contributed by atoms with Crippen LogP contribution in [0, 0.1) is 0 Å².